The monoisotopic (exact) mass is 632 g/mol. The third-order valence-corrected chi connectivity index (χ3v) is 9.11. The minimum absolute atomic E-state index is 0.00730. The minimum atomic E-state index is -3.40. The number of carbonyl (C=O) groups is 3. The molecule has 2 amide bonds. The number of benzene rings is 1. The van der Waals surface area contributed by atoms with E-state index in [1.54, 1.807) is 39.0 Å². The zero-order valence-corrected chi connectivity index (χ0v) is 26.3. The van der Waals surface area contributed by atoms with Crippen LogP contribution in [0.2, 0.25) is 0 Å². The Bertz CT molecular complexity index is 1450. The summed E-state index contributed by atoms with van der Waals surface area (Å²) in [5.74, 6) is -5.00. The van der Waals surface area contributed by atoms with E-state index in [1.807, 2.05) is 0 Å². The molecule has 6 atom stereocenters. The maximum absolute atomic E-state index is 15.9. The van der Waals surface area contributed by atoms with Gasteiger partial charge in [-0.3, -0.25) is 4.79 Å². The van der Waals surface area contributed by atoms with Crippen molar-refractivity contribution in [1.29, 1.82) is 0 Å². The average Bonchev–Trinajstić information content (AvgIpc) is 3.54. The van der Waals surface area contributed by atoms with Crippen LogP contribution < -0.4 is 14.8 Å². The summed E-state index contributed by atoms with van der Waals surface area (Å²) >= 11 is 0. The van der Waals surface area contributed by atoms with Gasteiger partial charge in [-0.15, -0.1) is 0 Å². The number of amides is 2. The normalized spacial score (nSPS) is 29.4. The van der Waals surface area contributed by atoms with Crippen LogP contribution in [0.3, 0.4) is 0 Å². The van der Waals surface area contributed by atoms with E-state index in [4.69, 9.17) is 14.2 Å². The Hall–Kier alpha value is -3.77. The number of nitrogens with one attached hydrogen (secondary N) is 1. The molecule has 0 radical (unpaired) electrons. The maximum atomic E-state index is 15.9. The molecule has 3 aliphatic rings. The number of alkyl halides is 2. The Kier molecular flexibility index (Phi) is 9.10. The van der Waals surface area contributed by atoms with Crippen LogP contribution in [0, 0.1) is 17.3 Å². The fourth-order valence-corrected chi connectivity index (χ4v) is 6.76. The van der Waals surface area contributed by atoms with E-state index in [1.165, 1.54) is 7.11 Å². The number of ether oxygens (including phenoxy) is 3. The zero-order chi connectivity index (χ0) is 32.7. The standard InChI is InChI=1S/C32H42F2N4O7/c1-17-12-18-8-6-7-11-32(33,34)25-27(36-22-14-19(43-5)9-10-21(22)35-25)44-20-15-23(29(40)41)38(16-20)28(39)26(31(2,3)4)37-30(42)45-24(18)13-17/h9-10,14,17-18,20,23-24,26H,6-8,11-13,15-16H2,1-5H3,(H,37,42)(H,40,41)/t17-,18-,20-,23+,24-,26-/m1/s1. The summed E-state index contributed by atoms with van der Waals surface area (Å²) in [6, 6.07) is 2.27. The van der Waals surface area contributed by atoms with Crippen molar-refractivity contribution in [2.45, 2.75) is 103 Å². The number of fused-ring (bicyclic) bond motifs is 5. The topological polar surface area (TPSA) is 140 Å². The van der Waals surface area contributed by atoms with Crippen LogP contribution in [0.5, 0.6) is 11.6 Å². The molecule has 2 fully saturated rings. The summed E-state index contributed by atoms with van der Waals surface area (Å²) in [7, 11) is 1.47. The second-order valence-electron chi connectivity index (χ2n) is 13.7. The first-order valence-corrected chi connectivity index (χ1v) is 15.6. The number of halogens is 2. The van der Waals surface area contributed by atoms with Gasteiger partial charge in [-0.25, -0.2) is 19.6 Å². The van der Waals surface area contributed by atoms with Crippen molar-refractivity contribution < 1.29 is 42.5 Å². The number of aromatic nitrogens is 2. The highest BCUT2D eigenvalue weighted by Crippen LogP contribution is 2.41. The van der Waals surface area contributed by atoms with Gasteiger partial charge in [-0.05, 0) is 55.1 Å². The Morgan fingerprint density at radius 1 is 1.11 bits per heavy atom. The summed E-state index contributed by atoms with van der Waals surface area (Å²) < 4.78 is 49.0. The lowest BCUT2D eigenvalue weighted by Gasteiger charge is -2.35. The van der Waals surface area contributed by atoms with Crippen molar-refractivity contribution in [3.63, 3.8) is 0 Å². The predicted octanol–water partition coefficient (Wildman–Crippen LogP) is 5.29. The van der Waals surface area contributed by atoms with Gasteiger partial charge in [-0.2, -0.15) is 8.78 Å². The molecule has 1 aliphatic carbocycles. The number of aliphatic carboxylic acids is 1. The van der Waals surface area contributed by atoms with Crippen molar-refractivity contribution >= 4 is 29.0 Å². The lowest BCUT2D eigenvalue weighted by Crippen LogP contribution is -2.57. The molecule has 3 heterocycles. The number of rotatable bonds is 2. The Morgan fingerprint density at radius 2 is 1.87 bits per heavy atom. The number of hydrogen-bond acceptors (Lipinski definition) is 8. The fourth-order valence-electron chi connectivity index (χ4n) is 6.76. The van der Waals surface area contributed by atoms with Crippen molar-refractivity contribution in [1.82, 2.24) is 20.2 Å². The number of alkyl carbamates (subject to hydrolysis) is 1. The van der Waals surface area contributed by atoms with E-state index >= 15 is 8.78 Å². The first kappa shape index (κ1) is 32.6. The van der Waals surface area contributed by atoms with Crippen LogP contribution in [-0.2, 0) is 20.2 Å². The molecule has 0 unspecified atom stereocenters. The third kappa shape index (κ3) is 7.06. The molecular weight excluding hydrogens is 590 g/mol. The molecule has 1 saturated heterocycles. The SMILES string of the molecule is COc1ccc2nc3c(nc2c1)O[C@@H]1C[C@@H](C(=O)O)N(C1)C(=O)[C@H](C(C)(C)C)NC(=O)O[C@@H]1C[C@H](C)C[C@H]1CCCCC3(F)F. The molecule has 11 nitrogen and oxygen atoms in total. The van der Waals surface area contributed by atoms with Crippen molar-refractivity contribution in [3.8, 4) is 11.6 Å². The van der Waals surface area contributed by atoms with E-state index in [9.17, 15) is 19.5 Å². The molecule has 1 saturated carbocycles. The largest absolute Gasteiger partial charge is 0.497 e. The Morgan fingerprint density at radius 3 is 2.56 bits per heavy atom. The van der Waals surface area contributed by atoms with Crippen LogP contribution in [0.1, 0.15) is 78.3 Å². The first-order chi connectivity index (χ1) is 21.2. The quantitative estimate of drug-likeness (QED) is 0.452. The van der Waals surface area contributed by atoms with Gasteiger partial charge in [0, 0.05) is 18.9 Å². The molecule has 1 aromatic heterocycles. The number of carbonyl (C=O) groups excluding carboxylic acids is 2. The van der Waals surface area contributed by atoms with Gasteiger partial charge in [0.1, 0.15) is 30.0 Å². The van der Waals surface area contributed by atoms with Gasteiger partial charge in [0.15, 0.2) is 5.69 Å². The van der Waals surface area contributed by atoms with Crippen molar-refractivity contribution in [2.75, 3.05) is 13.7 Å². The summed E-state index contributed by atoms with van der Waals surface area (Å²) in [6.45, 7) is 7.12. The van der Waals surface area contributed by atoms with Crippen LogP contribution in [0.25, 0.3) is 11.0 Å². The van der Waals surface area contributed by atoms with Gasteiger partial charge in [0.2, 0.25) is 11.8 Å². The van der Waals surface area contributed by atoms with Gasteiger partial charge >= 0.3 is 12.1 Å². The zero-order valence-electron chi connectivity index (χ0n) is 26.3. The molecule has 2 N–H and O–H groups in total. The lowest BCUT2D eigenvalue weighted by molar-refractivity contribution is -0.150. The number of hydrogen-bond donors (Lipinski definition) is 2. The molecule has 2 aliphatic heterocycles. The number of methoxy groups -OCH3 is 1. The first-order valence-electron chi connectivity index (χ1n) is 15.6. The van der Waals surface area contributed by atoms with Gasteiger partial charge in [0.05, 0.1) is 24.7 Å². The second kappa shape index (κ2) is 12.6. The summed E-state index contributed by atoms with van der Waals surface area (Å²) in [5, 5.41) is 12.8. The predicted molar refractivity (Wildman–Crippen MR) is 159 cm³/mol. The highest BCUT2D eigenvalue weighted by atomic mass is 19.3. The molecule has 45 heavy (non-hydrogen) atoms. The summed E-state index contributed by atoms with van der Waals surface area (Å²) in [6.07, 6.45) is -0.121. The molecule has 0 spiro atoms. The highest BCUT2D eigenvalue weighted by molar-refractivity contribution is 5.90. The van der Waals surface area contributed by atoms with Crippen molar-refractivity contribution in [3.05, 3.63) is 23.9 Å². The van der Waals surface area contributed by atoms with E-state index in [0.717, 1.165) is 11.3 Å². The van der Waals surface area contributed by atoms with Gasteiger partial charge in [-0.1, -0.05) is 34.1 Å². The van der Waals surface area contributed by atoms with Crippen LogP contribution in [-0.4, -0.2) is 75.9 Å². The van der Waals surface area contributed by atoms with E-state index in [-0.39, 0.29) is 42.3 Å². The van der Waals surface area contributed by atoms with Gasteiger partial charge < -0.3 is 29.5 Å². The summed E-state index contributed by atoms with van der Waals surface area (Å²) in [4.78, 5) is 49.3. The van der Waals surface area contributed by atoms with E-state index in [2.05, 4.69) is 22.2 Å². The number of nitrogens with zero attached hydrogens (tertiary/aromatic N) is 3. The molecule has 13 heteroatoms. The van der Waals surface area contributed by atoms with Crippen molar-refractivity contribution in [2.24, 2.45) is 17.3 Å². The molecule has 2 aromatic rings. The lowest BCUT2D eigenvalue weighted by atomic mass is 9.85. The second-order valence-corrected chi connectivity index (χ2v) is 13.7. The fraction of sp³-hybridized carbons (Fsp3) is 0.656. The molecular formula is C32H42F2N4O7. The smallest absolute Gasteiger partial charge is 0.408 e. The molecule has 2 bridgehead atoms. The van der Waals surface area contributed by atoms with Crippen LogP contribution >= 0.6 is 0 Å². The van der Waals surface area contributed by atoms with E-state index < -0.39 is 71.6 Å². The Labute approximate surface area is 261 Å². The molecule has 5 rings (SSSR count). The van der Waals surface area contributed by atoms with Crippen LogP contribution in [0.15, 0.2) is 18.2 Å². The minimum Gasteiger partial charge on any atom is -0.497 e. The highest BCUT2D eigenvalue weighted by Gasteiger charge is 2.47. The maximum Gasteiger partial charge on any atom is 0.408 e. The number of carboxylic acids is 1. The van der Waals surface area contributed by atoms with Gasteiger partial charge in [0.25, 0.3) is 5.92 Å². The average molecular weight is 633 g/mol. The van der Waals surface area contributed by atoms with Crippen LogP contribution in [0.4, 0.5) is 13.6 Å². The Balaban J connectivity index is 1.55. The molecule has 246 valence electrons. The molecule has 1 aromatic carbocycles. The third-order valence-electron chi connectivity index (χ3n) is 9.11. The summed E-state index contributed by atoms with van der Waals surface area (Å²) in [5.41, 5.74) is -0.938. The number of carboxylic acid groups (broad SMARTS) is 1. The van der Waals surface area contributed by atoms with E-state index in [0.29, 0.717) is 25.0 Å².